The van der Waals surface area contributed by atoms with E-state index in [0.29, 0.717) is 13.0 Å². The summed E-state index contributed by atoms with van der Waals surface area (Å²) in [5.41, 5.74) is 0. The standard InChI is InChI=1S/C7H8O3/c8-7-3-5-4-9-2-1-6(5)10-7/h1-2,5-6H,3-4H2/t5-,6+/m0/s1. The number of fused-ring (bicyclic) bond motifs is 1. The molecule has 2 heterocycles. The molecule has 0 aromatic carbocycles. The summed E-state index contributed by atoms with van der Waals surface area (Å²) in [6.07, 6.45) is 3.88. The van der Waals surface area contributed by atoms with Crippen LogP contribution in [0.3, 0.4) is 0 Å². The average molecular weight is 140 g/mol. The zero-order valence-electron chi connectivity index (χ0n) is 5.45. The van der Waals surface area contributed by atoms with E-state index < -0.39 is 0 Å². The fraction of sp³-hybridized carbons (Fsp3) is 0.571. The van der Waals surface area contributed by atoms with Crippen LogP contribution in [0.15, 0.2) is 12.3 Å². The van der Waals surface area contributed by atoms with E-state index in [0.717, 1.165) is 0 Å². The second-order valence-electron chi connectivity index (χ2n) is 2.58. The van der Waals surface area contributed by atoms with Crippen molar-refractivity contribution < 1.29 is 14.3 Å². The molecule has 2 rings (SSSR count). The van der Waals surface area contributed by atoms with Gasteiger partial charge < -0.3 is 9.47 Å². The van der Waals surface area contributed by atoms with Gasteiger partial charge in [-0.15, -0.1) is 0 Å². The highest BCUT2D eigenvalue weighted by atomic mass is 16.6. The Kier molecular flexibility index (Phi) is 1.16. The van der Waals surface area contributed by atoms with Crippen molar-refractivity contribution in [3.05, 3.63) is 12.3 Å². The van der Waals surface area contributed by atoms with Gasteiger partial charge in [0.05, 0.1) is 19.3 Å². The first-order chi connectivity index (χ1) is 4.86. The van der Waals surface area contributed by atoms with Crippen LogP contribution in [0.1, 0.15) is 6.42 Å². The molecule has 0 radical (unpaired) electrons. The molecule has 0 aliphatic carbocycles. The van der Waals surface area contributed by atoms with E-state index in [4.69, 9.17) is 9.47 Å². The Morgan fingerprint density at radius 2 is 2.50 bits per heavy atom. The summed E-state index contributed by atoms with van der Waals surface area (Å²) in [4.78, 5) is 10.7. The first-order valence-electron chi connectivity index (χ1n) is 3.34. The summed E-state index contributed by atoms with van der Waals surface area (Å²) in [5.74, 6) is 0.155. The second kappa shape index (κ2) is 2.01. The molecule has 2 atom stereocenters. The molecular weight excluding hydrogens is 132 g/mol. The van der Waals surface area contributed by atoms with Crippen molar-refractivity contribution in [1.82, 2.24) is 0 Å². The highest BCUT2D eigenvalue weighted by Gasteiger charge is 2.34. The van der Waals surface area contributed by atoms with Crippen molar-refractivity contribution in [3.8, 4) is 0 Å². The first kappa shape index (κ1) is 5.77. The number of ether oxygens (including phenoxy) is 2. The Hall–Kier alpha value is -0.990. The van der Waals surface area contributed by atoms with Crippen LogP contribution in [0.2, 0.25) is 0 Å². The molecule has 0 unspecified atom stereocenters. The fourth-order valence-corrected chi connectivity index (χ4v) is 1.29. The predicted molar refractivity (Wildman–Crippen MR) is 33.1 cm³/mol. The molecule has 54 valence electrons. The lowest BCUT2D eigenvalue weighted by atomic mass is 10.0. The molecule has 3 heteroatoms. The smallest absolute Gasteiger partial charge is 0.306 e. The van der Waals surface area contributed by atoms with Crippen molar-refractivity contribution in [2.45, 2.75) is 12.5 Å². The van der Waals surface area contributed by atoms with E-state index >= 15 is 0 Å². The van der Waals surface area contributed by atoms with Crippen LogP contribution in [0.5, 0.6) is 0 Å². The molecule has 3 nitrogen and oxygen atoms in total. The Labute approximate surface area is 58.6 Å². The van der Waals surface area contributed by atoms with E-state index in [9.17, 15) is 4.79 Å². The van der Waals surface area contributed by atoms with Crippen molar-refractivity contribution in [3.63, 3.8) is 0 Å². The summed E-state index contributed by atoms with van der Waals surface area (Å²) in [6, 6.07) is 0. The molecule has 10 heavy (non-hydrogen) atoms. The minimum atomic E-state index is -0.106. The Bertz CT molecular complexity index is 185. The van der Waals surface area contributed by atoms with Gasteiger partial charge in [0.15, 0.2) is 0 Å². The predicted octanol–water partition coefficient (Wildman–Crippen LogP) is 0.462. The highest BCUT2D eigenvalue weighted by Crippen LogP contribution is 2.25. The van der Waals surface area contributed by atoms with Crippen molar-refractivity contribution in [2.24, 2.45) is 5.92 Å². The van der Waals surface area contributed by atoms with Crippen LogP contribution in [0, 0.1) is 5.92 Å². The van der Waals surface area contributed by atoms with E-state index in [2.05, 4.69) is 0 Å². The fourth-order valence-electron chi connectivity index (χ4n) is 1.29. The van der Waals surface area contributed by atoms with Crippen LogP contribution < -0.4 is 0 Å². The first-order valence-corrected chi connectivity index (χ1v) is 3.34. The second-order valence-corrected chi connectivity index (χ2v) is 2.58. The third-order valence-corrected chi connectivity index (χ3v) is 1.84. The molecule has 0 amide bonds. The van der Waals surface area contributed by atoms with E-state index in [-0.39, 0.29) is 18.0 Å². The largest absolute Gasteiger partial charge is 0.501 e. The molecule has 0 N–H and O–H groups in total. The van der Waals surface area contributed by atoms with Gasteiger partial charge in [0, 0.05) is 5.92 Å². The van der Waals surface area contributed by atoms with Crippen molar-refractivity contribution in [2.75, 3.05) is 6.61 Å². The van der Waals surface area contributed by atoms with Crippen LogP contribution >= 0.6 is 0 Å². The average Bonchev–Trinajstić information content (AvgIpc) is 2.27. The minimum absolute atomic E-state index is 0.0127. The molecule has 0 spiro atoms. The van der Waals surface area contributed by atoms with E-state index in [1.807, 2.05) is 0 Å². The maximum Gasteiger partial charge on any atom is 0.306 e. The Morgan fingerprint density at radius 3 is 3.30 bits per heavy atom. The van der Waals surface area contributed by atoms with Crippen molar-refractivity contribution in [1.29, 1.82) is 0 Å². The van der Waals surface area contributed by atoms with Gasteiger partial charge in [-0.2, -0.15) is 0 Å². The van der Waals surface area contributed by atoms with Crippen LogP contribution in [0.4, 0.5) is 0 Å². The number of hydrogen-bond acceptors (Lipinski definition) is 3. The van der Waals surface area contributed by atoms with Crippen LogP contribution in [0.25, 0.3) is 0 Å². The summed E-state index contributed by atoms with van der Waals surface area (Å²) >= 11 is 0. The quantitative estimate of drug-likeness (QED) is 0.458. The molecule has 0 bridgehead atoms. The SMILES string of the molecule is O=C1C[C@H]2COC=C[C@H]2O1. The number of rotatable bonds is 0. The Morgan fingerprint density at radius 1 is 1.60 bits per heavy atom. The van der Waals surface area contributed by atoms with Gasteiger partial charge in [-0.05, 0) is 6.08 Å². The maximum atomic E-state index is 10.7. The van der Waals surface area contributed by atoms with Gasteiger partial charge >= 0.3 is 5.97 Å². The summed E-state index contributed by atoms with van der Waals surface area (Å²) in [6.45, 7) is 0.618. The van der Waals surface area contributed by atoms with E-state index in [1.165, 1.54) is 0 Å². The summed E-state index contributed by atoms with van der Waals surface area (Å²) in [5, 5.41) is 0. The van der Waals surface area contributed by atoms with Crippen molar-refractivity contribution >= 4 is 5.97 Å². The number of esters is 1. The van der Waals surface area contributed by atoms with Gasteiger partial charge in [-0.1, -0.05) is 0 Å². The molecular formula is C7H8O3. The molecule has 0 saturated carbocycles. The van der Waals surface area contributed by atoms with Gasteiger partial charge in [0.2, 0.25) is 0 Å². The normalized spacial score (nSPS) is 36.6. The zero-order valence-corrected chi connectivity index (χ0v) is 5.45. The number of carbonyl (C=O) groups excluding carboxylic acids is 1. The number of carbonyl (C=O) groups is 1. The topological polar surface area (TPSA) is 35.5 Å². The molecule has 0 aromatic heterocycles. The molecule has 1 saturated heterocycles. The number of hydrogen-bond donors (Lipinski definition) is 0. The molecule has 1 fully saturated rings. The lowest BCUT2D eigenvalue weighted by Gasteiger charge is -2.17. The van der Waals surface area contributed by atoms with Gasteiger partial charge in [-0.3, -0.25) is 4.79 Å². The Balaban J connectivity index is 2.15. The molecule has 0 aromatic rings. The molecule has 2 aliphatic rings. The van der Waals surface area contributed by atoms with Crippen LogP contribution in [-0.4, -0.2) is 18.7 Å². The minimum Gasteiger partial charge on any atom is -0.501 e. The lowest BCUT2D eigenvalue weighted by molar-refractivity contribution is -0.140. The van der Waals surface area contributed by atoms with Gasteiger partial charge in [-0.25, -0.2) is 0 Å². The lowest BCUT2D eigenvalue weighted by Crippen LogP contribution is -2.21. The van der Waals surface area contributed by atoms with Gasteiger partial charge in [0.25, 0.3) is 0 Å². The van der Waals surface area contributed by atoms with Crippen LogP contribution in [-0.2, 0) is 14.3 Å². The maximum absolute atomic E-state index is 10.7. The summed E-state index contributed by atoms with van der Waals surface area (Å²) < 4.78 is 9.98. The third kappa shape index (κ3) is 0.781. The zero-order chi connectivity index (χ0) is 6.97. The van der Waals surface area contributed by atoms with Gasteiger partial charge in [0.1, 0.15) is 6.10 Å². The summed E-state index contributed by atoms with van der Waals surface area (Å²) in [7, 11) is 0. The molecule has 2 aliphatic heterocycles. The van der Waals surface area contributed by atoms with E-state index in [1.54, 1.807) is 12.3 Å². The highest BCUT2D eigenvalue weighted by molar-refractivity contribution is 5.72. The monoisotopic (exact) mass is 140 g/mol. The third-order valence-electron chi connectivity index (χ3n) is 1.84.